The highest BCUT2D eigenvalue weighted by Gasteiger charge is 2.30. The number of halogens is 4. The Labute approximate surface area is 152 Å². The first-order chi connectivity index (χ1) is 12.4. The van der Waals surface area contributed by atoms with E-state index in [2.05, 4.69) is 20.7 Å². The first-order valence-electron chi connectivity index (χ1n) is 7.55. The smallest absolute Gasteiger partial charge is 0.416 e. The van der Waals surface area contributed by atoms with E-state index in [0.717, 1.165) is 12.1 Å². The minimum atomic E-state index is -4.42. The molecule has 2 N–H and O–H groups in total. The SMILES string of the molecule is CNc1n[nH]nc1-c1cc(Cl)cc(COc2cccc(C(F)(F)F)c2)c1. The molecular weight excluding hydrogens is 369 g/mol. The average molecular weight is 383 g/mol. The van der Waals surface area contributed by atoms with Crippen molar-refractivity contribution in [2.75, 3.05) is 12.4 Å². The second-order valence-electron chi connectivity index (χ2n) is 5.43. The molecule has 0 aliphatic heterocycles. The number of aromatic nitrogens is 3. The lowest BCUT2D eigenvalue weighted by atomic mass is 10.1. The topological polar surface area (TPSA) is 62.8 Å². The Morgan fingerprint density at radius 2 is 1.96 bits per heavy atom. The van der Waals surface area contributed by atoms with Gasteiger partial charge in [0.05, 0.1) is 5.56 Å². The summed E-state index contributed by atoms with van der Waals surface area (Å²) < 4.78 is 43.8. The van der Waals surface area contributed by atoms with Crippen LogP contribution in [-0.2, 0) is 12.8 Å². The van der Waals surface area contributed by atoms with E-state index in [0.29, 0.717) is 27.7 Å². The van der Waals surface area contributed by atoms with Gasteiger partial charge in [-0.25, -0.2) is 0 Å². The van der Waals surface area contributed by atoms with E-state index >= 15 is 0 Å². The zero-order valence-electron chi connectivity index (χ0n) is 13.6. The summed E-state index contributed by atoms with van der Waals surface area (Å²) in [5.41, 5.74) is 1.21. The number of hydrogen-bond donors (Lipinski definition) is 2. The summed E-state index contributed by atoms with van der Waals surface area (Å²) in [5, 5.41) is 13.9. The van der Waals surface area contributed by atoms with Gasteiger partial charge in [0, 0.05) is 17.6 Å². The maximum Gasteiger partial charge on any atom is 0.416 e. The molecule has 0 bridgehead atoms. The third-order valence-corrected chi connectivity index (χ3v) is 3.80. The number of nitrogens with one attached hydrogen (secondary N) is 2. The van der Waals surface area contributed by atoms with Crippen molar-refractivity contribution in [2.24, 2.45) is 0 Å². The average Bonchev–Trinajstić information content (AvgIpc) is 3.08. The number of H-pyrrole nitrogens is 1. The number of aromatic amines is 1. The molecule has 26 heavy (non-hydrogen) atoms. The molecule has 2 aromatic carbocycles. The highest BCUT2D eigenvalue weighted by Crippen LogP contribution is 2.32. The van der Waals surface area contributed by atoms with Crippen LogP contribution in [-0.4, -0.2) is 22.5 Å². The molecule has 9 heteroatoms. The lowest BCUT2D eigenvalue weighted by Crippen LogP contribution is -2.05. The number of nitrogens with zero attached hydrogens (tertiary/aromatic N) is 2. The fourth-order valence-corrected chi connectivity index (χ4v) is 2.66. The lowest BCUT2D eigenvalue weighted by Gasteiger charge is -2.11. The molecule has 0 amide bonds. The summed E-state index contributed by atoms with van der Waals surface area (Å²) in [5.74, 6) is 0.677. The molecule has 1 aromatic heterocycles. The molecule has 136 valence electrons. The maximum atomic E-state index is 12.8. The largest absolute Gasteiger partial charge is 0.489 e. The molecule has 1 heterocycles. The van der Waals surface area contributed by atoms with Gasteiger partial charge in [-0.2, -0.15) is 23.5 Å². The highest BCUT2D eigenvalue weighted by molar-refractivity contribution is 6.31. The Morgan fingerprint density at radius 3 is 2.69 bits per heavy atom. The summed E-state index contributed by atoms with van der Waals surface area (Å²) in [6.07, 6.45) is -4.42. The number of rotatable bonds is 5. The first-order valence-corrected chi connectivity index (χ1v) is 7.93. The summed E-state index contributed by atoms with van der Waals surface area (Å²) in [6, 6.07) is 9.91. The third-order valence-electron chi connectivity index (χ3n) is 3.58. The van der Waals surface area contributed by atoms with Crippen LogP contribution in [0.15, 0.2) is 42.5 Å². The van der Waals surface area contributed by atoms with E-state index < -0.39 is 11.7 Å². The standard InChI is InChI=1S/C17H14ClF3N4O/c1-22-16-15(23-25-24-16)11-5-10(6-13(18)7-11)9-26-14-4-2-3-12(8-14)17(19,20)21/h2-8H,9H2,1H3,(H2,22,23,24,25). The Morgan fingerprint density at radius 1 is 1.15 bits per heavy atom. The van der Waals surface area contributed by atoms with Crippen LogP contribution in [0.3, 0.4) is 0 Å². The van der Waals surface area contributed by atoms with E-state index in [-0.39, 0.29) is 12.4 Å². The van der Waals surface area contributed by atoms with Gasteiger partial charge in [-0.15, -0.1) is 5.10 Å². The van der Waals surface area contributed by atoms with Gasteiger partial charge in [0.1, 0.15) is 18.1 Å². The van der Waals surface area contributed by atoms with E-state index in [1.54, 1.807) is 25.2 Å². The molecule has 3 rings (SSSR count). The lowest BCUT2D eigenvalue weighted by molar-refractivity contribution is -0.137. The Hall–Kier alpha value is -2.74. The quantitative estimate of drug-likeness (QED) is 0.667. The first kappa shape index (κ1) is 18.1. The molecule has 0 spiro atoms. The van der Waals surface area contributed by atoms with E-state index in [1.165, 1.54) is 12.1 Å². The second-order valence-corrected chi connectivity index (χ2v) is 5.87. The van der Waals surface area contributed by atoms with Crippen LogP contribution < -0.4 is 10.1 Å². The van der Waals surface area contributed by atoms with Crippen molar-refractivity contribution in [2.45, 2.75) is 12.8 Å². The second kappa shape index (κ2) is 7.25. The van der Waals surface area contributed by atoms with Crippen molar-refractivity contribution < 1.29 is 17.9 Å². The number of benzene rings is 2. The molecule has 0 radical (unpaired) electrons. The molecular formula is C17H14ClF3N4O. The Balaban J connectivity index is 1.81. The van der Waals surface area contributed by atoms with E-state index in [1.807, 2.05) is 0 Å². The van der Waals surface area contributed by atoms with Gasteiger partial charge >= 0.3 is 6.18 Å². The fraction of sp³-hybridized carbons (Fsp3) is 0.176. The van der Waals surface area contributed by atoms with Crippen molar-refractivity contribution >= 4 is 17.4 Å². The normalized spacial score (nSPS) is 11.4. The number of alkyl halides is 3. The molecule has 0 fully saturated rings. The van der Waals surface area contributed by atoms with Gasteiger partial charge in [-0.3, -0.25) is 0 Å². The molecule has 0 aliphatic rings. The zero-order chi connectivity index (χ0) is 18.7. The fourth-order valence-electron chi connectivity index (χ4n) is 2.41. The minimum absolute atomic E-state index is 0.0572. The van der Waals surface area contributed by atoms with Gasteiger partial charge < -0.3 is 10.1 Å². The summed E-state index contributed by atoms with van der Waals surface area (Å²) in [7, 11) is 1.71. The van der Waals surface area contributed by atoms with Gasteiger partial charge in [-0.05, 0) is 42.0 Å². The van der Waals surface area contributed by atoms with Gasteiger partial charge in [0.25, 0.3) is 0 Å². The van der Waals surface area contributed by atoms with Crippen molar-refractivity contribution in [3.05, 3.63) is 58.6 Å². The van der Waals surface area contributed by atoms with Crippen LogP contribution >= 0.6 is 11.6 Å². The van der Waals surface area contributed by atoms with Gasteiger partial charge in [0.2, 0.25) is 0 Å². The van der Waals surface area contributed by atoms with Crippen molar-refractivity contribution in [3.63, 3.8) is 0 Å². The van der Waals surface area contributed by atoms with E-state index in [4.69, 9.17) is 16.3 Å². The summed E-state index contributed by atoms with van der Waals surface area (Å²) in [4.78, 5) is 0. The van der Waals surface area contributed by atoms with Crippen LogP contribution in [0.25, 0.3) is 11.3 Å². The van der Waals surface area contributed by atoms with Crippen molar-refractivity contribution in [1.29, 1.82) is 0 Å². The highest BCUT2D eigenvalue weighted by atomic mass is 35.5. The minimum Gasteiger partial charge on any atom is -0.489 e. The molecule has 0 aliphatic carbocycles. The molecule has 0 atom stereocenters. The molecule has 0 saturated heterocycles. The van der Waals surface area contributed by atoms with Crippen molar-refractivity contribution in [3.8, 4) is 17.0 Å². The molecule has 0 saturated carbocycles. The maximum absolute atomic E-state index is 12.8. The van der Waals surface area contributed by atoms with Crippen LogP contribution in [0.2, 0.25) is 5.02 Å². The molecule has 0 unspecified atom stereocenters. The Bertz CT molecular complexity index is 911. The van der Waals surface area contributed by atoms with Gasteiger partial charge in [-0.1, -0.05) is 17.7 Å². The molecule has 3 aromatic rings. The van der Waals surface area contributed by atoms with E-state index in [9.17, 15) is 13.2 Å². The van der Waals surface area contributed by atoms with Crippen LogP contribution in [0.1, 0.15) is 11.1 Å². The summed E-state index contributed by atoms with van der Waals surface area (Å²) >= 11 is 6.15. The third kappa shape index (κ3) is 4.08. The zero-order valence-corrected chi connectivity index (χ0v) is 14.3. The summed E-state index contributed by atoms with van der Waals surface area (Å²) in [6.45, 7) is 0.0572. The van der Waals surface area contributed by atoms with Crippen LogP contribution in [0.5, 0.6) is 5.75 Å². The number of anilines is 1. The number of ether oxygens (including phenoxy) is 1. The van der Waals surface area contributed by atoms with Crippen LogP contribution in [0, 0.1) is 0 Å². The predicted octanol–water partition coefficient (Wildman–Crippen LogP) is 4.76. The molecule has 5 nitrogen and oxygen atoms in total. The Kier molecular flexibility index (Phi) is 5.03. The van der Waals surface area contributed by atoms with Gasteiger partial charge in [0.15, 0.2) is 5.82 Å². The predicted molar refractivity (Wildman–Crippen MR) is 92.2 cm³/mol. The van der Waals surface area contributed by atoms with Crippen LogP contribution in [0.4, 0.5) is 19.0 Å². The van der Waals surface area contributed by atoms with Crippen molar-refractivity contribution in [1.82, 2.24) is 15.4 Å². The number of hydrogen-bond acceptors (Lipinski definition) is 4. The monoisotopic (exact) mass is 382 g/mol.